The molecule has 6 nitrogen and oxygen atoms in total. The molecule has 6 rings (SSSR count). The van der Waals surface area contributed by atoms with E-state index in [1.165, 1.54) is 30.5 Å². The van der Waals surface area contributed by atoms with Crippen molar-refractivity contribution in [2.45, 2.75) is 44.1 Å². The van der Waals surface area contributed by atoms with Gasteiger partial charge in [-0.25, -0.2) is 9.37 Å². The fraction of sp³-hybridized carbons (Fsp3) is 0.345. The van der Waals surface area contributed by atoms with E-state index in [4.69, 9.17) is 0 Å². The number of hydrogen-bond donors (Lipinski definition) is 1. The maximum absolute atomic E-state index is 14.8. The van der Waals surface area contributed by atoms with Crippen molar-refractivity contribution in [3.63, 3.8) is 0 Å². The molecule has 1 aliphatic carbocycles. The van der Waals surface area contributed by atoms with Gasteiger partial charge in [0.1, 0.15) is 11.5 Å². The second-order valence-corrected chi connectivity index (χ2v) is 10.1. The Hall–Kier alpha value is -3.58. The number of hydrogen-bond acceptors (Lipinski definition) is 5. The van der Waals surface area contributed by atoms with E-state index in [9.17, 15) is 9.18 Å². The van der Waals surface area contributed by atoms with E-state index in [0.29, 0.717) is 29.0 Å². The summed E-state index contributed by atoms with van der Waals surface area (Å²) in [6.07, 6.45) is 6.19. The SMILES string of the molecule is CN1CCC(c2ccc(Nc3ncc4ccc(=O)n(Cc5c(F)cccc5C5CC5)c4n3)cc2)CC1. The molecule has 7 heteroatoms. The molecule has 184 valence electrons. The number of pyridine rings is 1. The first-order valence-electron chi connectivity index (χ1n) is 12.7. The van der Waals surface area contributed by atoms with Gasteiger partial charge in [0, 0.05) is 28.9 Å². The van der Waals surface area contributed by atoms with Gasteiger partial charge in [-0.15, -0.1) is 0 Å². The summed E-state index contributed by atoms with van der Waals surface area (Å²) in [5, 5.41) is 4.01. The minimum Gasteiger partial charge on any atom is -0.324 e. The fourth-order valence-corrected chi connectivity index (χ4v) is 5.27. The number of nitrogens with one attached hydrogen (secondary N) is 1. The standard InChI is InChI=1S/C29H30FN5O/c1-34-15-13-20(14-16-34)19-7-10-23(11-8-19)32-29-31-17-22-9-12-27(36)35(28(22)33-29)18-25-24(21-5-6-21)3-2-4-26(25)30/h2-4,7-12,17,20-21H,5-6,13-16,18H2,1H3,(H,31,32,33). The maximum Gasteiger partial charge on any atom is 0.252 e. The van der Waals surface area contributed by atoms with Gasteiger partial charge in [-0.3, -0.25) is 9.36 Å². The molecule has 1 saturated heterocycles. The molecule has 2 aromatic heterocycles. The van der Waals surface area contributed by atoms with E-state index >= 15 is 0 Å². The second-order valence-electron chi connectivity index (χ2n) is 10.1. The van der Waals surface area contributed by atoms with Crippen molar-refractivity contribution in [2.75, 3.05) is 25.5 Å². The maximum atomic E-state index is 14.8. The molecule has 2 aromatic carbocycles. The van der Waals surface area contributed by atoms with Crippen molar-refractivity contribution < 1.29 is 4.39 Å². The van der Waals surface area contributed by atoms with Crippen LogP contribution >= 0.6 is 0 Å². The molecule has 3 heterocycles. The molecule has 0 amide bonds. The lowest BCUT2D eigenvalue weighted by atomic mass is 9.89. The molecular formula is C29H30FN5O. The monoisotopic (exact) mass is 483 g/mol. The topological polar surface area (TPSA) is 63.1 Å². The first-order valence-corrected chi connectivity index (χ1v) is 12.7. The van der Waals surface area contributed by atoms with Gasteiger partial charge in [-0.05, 0) is 93.0 Å². The van der Waals surface area contributed by atoms with Crippen molar-refractivity contribution >= 4 is 22.7 Å². The van der Waals surface area contributed by atoms with Crippen LogP contribution in [-0.4, -0.2) is 39.6 Å². The minimum absolute atomic E-state index is 0.149. The van der Waals surface area contributed by atoms with Gasteiger partial charge < -0.3 is 10.2 Å². The largest absolute Gasteiger partial charge is 0.324 e. The van der Waals surface area contributed by atoms with E-state index in [0.717, 1.165) is 42.6 Å². The molecular weight excluding hydrogens is 453 g/mol. The molecule has 2 aliphatic rings. The predicted molar refractivity (Wildman–Crippen MR) is 140 cm³/mol. The molecule has 36 heavy (non-hydrogen) atoms. The van der Waals surface area contributed by atoms with E-state index in [1.54, 1.807) is 22.9 Å². The average Bonchev–Trinajstić information content (AvgIpc) is 3.73. The first-order chi connectivity index (χ1) is 17.5. The summed E-state index contributed by atoms with van der Waals surface area (Å²) in [6, 6.07) is 16.9. The zero-order chi connectivity index (χ0) is 24.6. The molecule has 1 N–H and O–H groups in total. The highest BCUT2D eigenvalue weighted by molar-refractivity contribution is 5.75. The third-order valence-corrected chi connectivity index (χ3v) is 7.57. The summed E-state index contributed by atoms with van der Waals surface area (Å²) in [5.74, 6) is 1.11. The van der Waals surface area contributed by atoms with Crippen molar-refractivity contribution in [3.05, 3.63) is 93.7 Å². The predicted octanol–water partition coefficient (Wildman–Crippen LogP) is 5.41. The smallest absolute Gasteiger partial charge is 0.252 e. The van der Waals surface area contributed by atoms with Crippen LogP contribution in [0.3, 0.4) is 0 Å². The highest BCUT2D eigenvalue weighted by Gasteiger charge is 2.27. The quantitative estimate of drug-likeness (QED) is 0.397. The Bertz CT molecular complexity index is 1450. The van der Waals surface area contributed by atoms with Crippen LogP contribution < -0.4 is 10.9 Å². The Morgan fingerprint density at radius 2 is 1.75 bits per heavy atom. The van der Waals surface area contributed by atoms with Crippen molar-refractivity contribution in [1.29, 1.82) is 0 Å². The van der Waals surface area contributed by atoms with Gasteiger partial charge in [-0.2, -0.15) is 4.98 Å². The average molecular weight is 484 g/mol. The summed E-state index contributed by atoms with van der Waals surface area (Å²) in [7, 11) is 2.18. The van der Waals surface area contributed by atoms with Crippen LogP contribution in [0.4, 0.5) is 16.0 Å². The number of aromatic nitrogens is 3. The zero-order valence-corrected chi connectivity index (χ0v) is 20.5. The van der Waals surface area contributed by atoms with Crippen LogP contribution in [0.1, 0.15) is 54.2 Å². The van der Waals surface area contributed by atoms with Crippen LogP contribution in [0, 0.1) is 5.82 Å². The summed E-state index contributed by atoms with van der Waals surface area (Å²) in [5.41, 5.74) is 4.11. The van der Waals surface area contributed by atoms with Gasteiger partial charge in [0.15, 0.2) is 0 Å². The van der Waals surface area contributed by atoms with E-state index in [2.05, 4.69) is 51.5 Å². The van der Waals surface area contributed by atoms with E-state index in [1.807, 2.05) is 6.07 Å². The van der Waals surface area contributed by atoms with Crippen LogP contribution in [0.2, 0.25) is 0 Å². The Balaban J connectivity index is 1.28. The van der Waals surface area contributed by atoms with Gasteiger partial charge in [-0.1, -0.05) is 24.3 Å². The molecule has 1 saturated carbocycles. The lowest BCUT2D eigenvalue weighted by molar-refractivity contribution is 0.255. The number of halogens is 1. The number of fused-ring (bicyclic) bond motifs is 1. The third-order valence-electron chi connectivity index (χ3n) is 7.57. The summed E-state index contributed by atoms with van der Waals surface area (Å²) in [4.78, 5) is 24.4. The van der Waals surface area contributed by atoms with Crippen LogP contribution in [0.25, 0.3) is 11.0 Å². The summed E-state index contributed by atoms with van der Waals surface area (Å²) in [6.45, 7) is 2.41. The highest BCUT2D eigenvalue weighted by atomic mass is 19.1. The van der Waals surface area contributed by atoms with Crippen molar-refractivity contribution in [2.24, 2.45) is 0 Å². The fourth-order valence-electron chi connectivity index (χ4n) is 5.27. The molecule has 0 spiro atoms. The Morgan fingerprint density at radius 3 is 2.50 bits per heavy atom. The van der Waals surface area contributed by atoms with Gasteiger partial charge in [0.2, 0.25) is 5.95 Å². The van der Waals surface area contributed by atoms with Crippen LogP contribution in [0.15, 0.2) is 65.6 Å². The number of piperidine rings is 1. The normalized spacial score (nSPS) is 16.9. The highest BCUT2D eigenvalue weighted by Crippen LogP contribution is 2.42. The number of nitrogens with zero attached hydrogens (tertiary/aromatic N) is 4. The minimum atomic E-state index is -0.277. The van der Waals surface area contributed by atoms with Crippen LogP contribution in [0.5, 0.6) is 0 Å². The Labute approximate surface area is 209 Å². The second kappa shape index (κ2) is 9.47. The van der Waals surface area contributed by atoms with Gasteiger partial charge in [0.05, 0.1) is 6.54 Å². The van der Waals surface area contributed by atoms with Gasteiger partial charge in [0.25, 0.3) is 5.56 Å². The third kappa shape index (κ3) is 4.63. The molecule has 0 atom stereocenters. The van der Waals surface area contributed by atoms with E-state index < -0.39 is 0 Å². The molecule has 0 bridgehead atoms. The lowest BCUT2D eigenvalue weighted by Crippen LogP contribution is -2.29. The van der Waals surface area contributed by atoms with Crippen molar-refractivity contribution in [3.8, 4) is 0 Å². The molecule has 0 unspecified atom stereocenters. The Kier molecular flexibility index (Phi) is 6.01. The number of anilines is 2. The number of benzene rings is 2. The van der Waals surface area contributed by atoms with Crippen LogP contribution in [-0.2, 0) is 6.54 Å². The Morgan fingerprint density at radius 1 is 0.972 bits per heavy atom. The summed E-state index contributed by atoms with van der Waals surface area (Å²) < 4.78 is 16.4. The molecule has 4 aromatic rings. The molecule has 1 aliphatic heterocycles. The lowest BCUT2D eigenvalue weighted by Gasteiger charge is -2.29. The first kappa shape index (κ1) is 22.9. The summed E-state index contributed by atoms with van der Waals surface area (Å²) >= 11 is 0. The van der Waals surface area contributed by atoms with E-state index in [-0.39, 0.29) is 17.9 Å². The number of likely N-dealkylation sites (tertiary alicyclic amines) is 1. The number of rotatable bonds is 6. The zero-order valence-electron chi connectivity index (χ0n) is 20.5. The molecule has 0 radical (unpaired) electrons. The van der Waals surface area contributed by atoms with Gasteiger partial charge >= 0.3 is 0 Å². The molecule has 2 fully saturated rings. The van der Waals surface area contributed by atoms with Crippen molar-refractivity contribution in [1.82, 2.24) is 19.4 Å².